The second kappa shape index (κ2) is 6.38. The lowest BCUT2D eigenvalue weighted by molar-refractivity contribution is 0.345. The first kappa shape index (κ1) is 17.0. The molecule has 2 bridgehead atoms. The molecule has 1 aromatic carbocycles. The Bertz CT molecular complexity index is 594. The van der Waals surface area contributed by atoms with Gasteiger partial charge in [-0.25, -0.2) is 17.5 Å². The number of benzene rings is 1. The molecule has 0 aliphatic carbocycles. The van der Waals surface area contributed by atoms with Crippen LogP contribution in [0.1, 0.15) is 25.7 Å². The van der Waals surface area contributed by atoms with Crippen LogP contribution in [0.5, 0.6) is 0 Å². The molecule has 4 nitrogen and oxygen atoms in total. The Morgan fingerprint density at radius 2 is 1.86 bits per heavy atom. The second-order valence-electron chi connectivity index (χ2n) is 5.48. The highest BCUT2D eigenvalue weighted by molar-refractivity contribution is 7.89. The molecule has 2 atom stereocenters. The summed E-state index contributed by atoms with van der Waals surface area (Å²) in [5, 5.41) is 3.35. The molecule has 0 radical (unpaired) electrons. The third kappa shape index (κ3) is 3.51. The number of piperidine rings is 1. The summed E-state index contributed by atoms with van der Waals surface area (Å²) in [6, 6.07) is 4.43. The van der Waals surface area contributed by atoms with Crippen LogP contribution in [-0.2, 0) is 10.0 Å². The maximum absolute atomic E-state index is 13.8. The monoisotopic (exact) mass is 354 g/mol. The normalized spacial score (nSPS) is 28.2. The van der Waals surface area contributed by atoms with E-state index in [9.17, 15) is 12.8 Å². The van der Waals surface area contributed by atoms with Crippen molar-refractivity contribution in [3.05, 3.63) is 29.0 Å². The van der Waals surface area contributed by atoms with Gasteiger partial charge in [-0.15, -0.1) is 12.4 Å². The molecule has 2 aliphatic rings. The number of fused-ring (bicyclic) bond motifs is 2. The van der Waals surface area contributed by atoms with Crippen LogP contribution < -0.4 is 10.0 Å². The van der Waals surface area contributed by atoms with E-state index in [0.29, 0.717) is 12.1 Å². The zero-order chi connectivity index (χ0) is 14.3. The van der Waals surface area contributed by atoms with E-state index < -0.39 is 20.7 Å². The van der Waals surface area contributed by atoms with E-state index in [2.05, 4.69) is 10.0 Å². The van der Waals surface area contributed by atoms with Crippen LogP contribution in [0.3, 0.4) is 0 Å². The predicted molar refractivity (Wildman–Crippen MR) is 81.9 cm³/mol. The van der Waals surface area contributed by atoms with Gasteiger partial charge in [0.25, 0.3) is 0 Å². The van der Waals surface area contributed by atoms with Gasteiger partial charge in [0.2, 0.25) is 10.0 Å². The van der Waals surface area contributed by atoms with Gasteiger partial charge in [-0.3, -0.25) is 0 Å². The first-order chi connectivity index (χ1) is 9.45. The van der Waals surface area contributed by atoms with Crippen LogP contribution in [-0.4, -0.2) is 26.5 Å². The fourth-order valence-electron chi connectivity index (χ4n) is 3.17. The van der Waals surface area contributed by atoms with Crippen molar-refractivity contribution < 1.29 is 12.8 Å². The lowest BCUT2D eigenvalue weighted by Gasteiger charge is -2.29. The summed E-state index contributed by atoms with van der Waals surface area (Å²) >= 11 is 5.83. The van der Waals surface area contributed by atoms with Gasteiger partial charge in [-0.2, -0.15) is 0 Å². The van der Waals surface area contributed by atoms with E-state index in [0.717, 1.165) is 31.7 Å². The Kier molecular flexibility index (Phi) is 5.15. The molecule has 1 aromatic rings. The highest BCUT2D eigenvalue weighted by Gasteiger charge is 2.36. The van der Waals surface area contributed by atoms with Crippen LogP contribution in [0.4, 0.5) is 4.39 Å². The third-order valence-corrected chi connectivity index (χ3v) is 6.01. The summed E-state index contributed by atoms with van der Waals surface area (Å²) in [4.78, 5) is -0.451. The molecule has 2 fully saturated rings. The summed E-state index contributed by atoms with van der Waals surface area (Å²) in [5.41, 5.74) is 0. The van der Waals surface area contributed by atoms with Crippen molar-refractivity contribution >= 4 is 34.0 Å². The average molecular weight is 355 g/mol. The van der Waals surface area contributed by atoms with Crippen LogP contribution in [0.2, 0.25) is 5.02 Å². The average Bonchev–Trinajstić information content (AvgIpc) is 2.67. The topological polar surface area (TPSA) is 58.2 Å². The third-order valence-electron chi connectivity index (χ3n) is 3.98. The van der Waals surface area contributed by atoms with Gasteiger partial charge in [-0.05, 0) is 37.8 Å². The number of rotatable bonds is 3. The van der Waals surface area contributed by atoms with E-state index in [-0.39, 0.29) is 23.5 Å². The quantitative estimate of drug-likeness (QED) is 0.876. The number of sulfonamides is 1. The zero-order valence-corrected chi connectivity index (χ0v) is 13.6. The summed E-state index contributed by atoms with van der Waals surface area (Å²) < 4.78 is 41.0. The second-order valence-corrected chi connectivity index (χ2v) is 7.54. The molecule has 2 N–H and O–H groups in total. The SMILES string of the molecule is Cl.O=S(=O)(NC1CC2CCC(C1)N2)c1c(F)cccc1Cl. The van der Waals surface area contributed by atoms with Crippen LogP contribution in [0, 0.1) is 5.82 Å². The smallest absolute Gasteiger partial charge is 0.245 e. The molecule has 2 aliphatic heterocycles. The molecule has 0 amide bonds. The molecule has 3 rings (SSSR count). The van der Waals surface area contributed by atoms with Crippen LogP contribution in [0.15, 0.2) is 23.1 Å². The number of hydrogen-bond donors (Lipinski definition) is 2. The summed E-state index contributed by atoms with van der Waals surface area (Å²) in [6.07, 6.45) is 3.62. The highest BCUT2D eigenvalue weighted by Crippen LogP contribution is 2.29. The Morgan fingerprint density at radius 1 is 1.24 bits per heavy atom. The molecular formula is C13H17Cl2FN2O2S. The number of halogens is 3. The maximum atomic E-state index is 13.8. The number of nitrogens with one attached hydrogen (secondary N) is 2. The molecule has 118 valence electrons. The van der Waals surface area contributed by atoms with Gasteiger partial charge >= 0.3 is 0 Å². The van der Waals surface area contributed by atoms with Crippen molar-refractivity contribution in [2.45, 2.75) is 48.7 Å². The minimum absolute atomic E-state index is 0. The van der Waals surface area contributed by atoms with Crippen molar-refractivity contribution in [1.29, 1.82) is 0 Å². The van der Waals surface area contributed by atoms with Gasteiger partial charge in [0.05, 0.1) is 5.02 Å². The summed E-state index contributed by atoms with van der Waals surface area (Å²) in [7, 11) is -3.93. The molecule has 2 heterocycles. The molecule has 0 aromatic heterocycles. The molecule has 2 saturated heterocycles. The van der Waals surface area contributed by atoms with Crippen molar-refractivity contribution in [1.82, 2.24) is 10.0 Å². The molecular weight excluding hydrogens is 338 g/mol. The predicted octanol–water partition coefficient (Wildman–Crippen LogP) is 2.46. The standard InChI is InChI=1S/C13H16ClFN2O2S.ClH/c14-11-2-1-3-12(15)13(11)20(18,19)17-10-6-8-4-5-9(7-10)16-8;/h1-3,8-10,16-17H,4-7H2;1H. The van der Waals surface area contributed by atoms with Gasteiger partial charge in [0.1, 0.15) is 10.7 Å². The lowest BCUT2D eigenvalue weighted by Crippen LogP contribution is -2.48. The van der Waals surface area contributed by atoms with E-state index in [1.807, 2.05) is 0 Å². The van der Waals surface area contributed by atoms with E-state index >= 15 is 0 Å². The highest BCUT2D eigenvalue weighted by atomic mass is 35.5. The first-order valence-corrected chi connectivity index (χ1v) is 8.54. The first-order valence-electron chi connectivity index (χ1n) is 6.68. The van der Waals surface area contributed by atoms with E-state index in [1.165, 1.54) is 12.1 Å². The minimum Gasteiger partial charge on any atom is -0.311 e. The van der Waals surface area contributed by atoms with Crippen molar-refractivity contribution in [2.75, 3.05) is 0 Å². The van der Waals surface area contributed by atoms with Gasteiger partial charge in [0, 0.05) is 18.1 Å². The van der Waals surface area contributed by atoms with Gasteiger partial charge < -0.3 is 5.32 Å². The number of hydrogen-bond acceptors (Lipinski definition) is 3. The Hall–Kier alpha value is -0.400. The summed E-state index contributed by atoms with van der Waals surface area (Å²) in [5.74, 6) is -0.818. The van der Waals surface area contributed by atoms with Crippen molar-refractivity contribution in [2.24, 2.45) is 0 Å². The fraction of sp³-hybridized carbons (Fsp3) is 0.538. The Morgan fingerprint density at radius 3 is 2.43 bits per heavy atom. The maximum Gasteiger partial charge on any atom is 0.245 e. The van der Waals surface area contributed by atoms with Gasteiger partial charge in [0.15, 0.2) is 0 Å². The fourth-order valence-corrected chi connectivity index (χ4v) is 5.04. The van der Waals surface area contributed by atoms with Crippen LogP contribution >= 0.6 is 24.0 Å². The van der Waals surface area contributed by atoms with Crippen molar-refractivity contribution in [3.8, 4) is 0 Å². The molecule has 21 heavy (non-hydrogen) atoms. The molecule has 8 heteroatoms. The largest absolute Gasteiger partial charge is 0.311 e. The molecule has 0 spiro atoms. The lowest BCUT2D eigenvalue weighted by atomic mass is 10.0. The summed E-state index contributed by atoms with van der Waals surface area (Å²) in [6.45, 7) is 0. The zero-order valence-electron chi connectivity index (χ0n) is 11.2. The Labute approximate surface area is 134 Å². The van der Waals surface area contributed by atoms with Crippen LogP contribution in [0.25, 0.3) is 0 Å². The molecule has 0 saturated carbocycles. The molecule has 2 unspecified atom stereocenters. The Balaban J connectivity index is 0.00000161. The van der Waals surface area contributed by atoms with Crippen molar-refractivity contribution in [3.63, 3.8) is 0 Å². The van der Waals surface area contributed by atoms with E-state index in [4.69, 9.17) is 11.6 Å². The minimum atomic E-state index is -3.93. The van der Waals surface area contributed by atoms with E-state index in [1.54, 1.807) is 0 Å². The van der Waals surface area contributed by atoms with Gasteiger partial charge in [-0.1, -0.05) is 17.7 Å².